The number of alkyl halides is 3. The van der Waals surface area contributed by atoms with E-state index in [2.05, 4.69) is 17.2 Å². The zero-order valence-corrected chi connectivity index (χ0v) is 23.5. The maximum Gasteiger partial charge on any atom is 0.490 e. The minimum atomic E-state index is -5.08. The number of benzene rings is 2. The van der Waals surface area contributed by atoms with Gasteiger partial charge in [-0.25, -0.2) is 4.79 Å². The molecule has 0 aliphatic carbocycles. The van der Waals surface area contributed by atoms with E-state index < -0.39 is 18.2 Å². The number of aryl methyl sites for hydroxylation is 2. The van der Waals surface area contributed by atoms with Gasteiger partial charge in [-0.15, -0.1) is 0 Å². The summed E-state index contributed by atoms with van der Waals surface area (Å²) in [7, 11) is 3.75. The molecule has 11 heteroatoms. The number of amides is 2. The Kier molecular flexibility index (Phi) is 12.5. The maximum absolute atomic E-state index is 13.2. The zero-order chi connectivity index (χ0) is 30.6. The van der Waals surface area contributed by atoms with E-state index in [4.69, 9.17) is 9.90 Å². The van der Waals surface area contributed by atoms with Gasteiger partial charge in [-0.05, 0) is 68.3 Å². The van der Waals surface area contributed by atoms with Crippen LogP contribution in [0, 0.1) is 6.92 Å². The predicted molar refractivity (Wildman–Crippen MR) is 151 cm³/mol. The molecule has 0 spiro atoms. The topological polar surface area (TPSA) is 103 Å². The number of carbonyl (C=O) groups excluding carboxylic acids is 2. The third-order valence-electron chi connectivity index (χ3n) is 6.18. The van der Waals surface area contributed by atoms with Gasteiger partial charge in [0.1, 0.15) is 6.04 Å². The first-order valence-electron chi connectivity index (χ1n) is 13.0. The number of nitrogens with one attached hydrogen (secondary N) is 1. The molecule has 1 unspecified atom stereocenters. The fourth-order valence-electron chi connectivity index (χ4n) is 3.87. The minimum absolute atomic E-state index is 0.00594. The van der Waals surface area contributed by atoms with Gasteiger partial charge in [-0.3, -0.25) is 19.5 Å². The first-order chi connectivity index (χ1) is 19.3. The van der Waals surface area contributed by atoms with Crippen molar-refractivity contribution in [1.29, 1.82) is 0 Å². The highest BCUT2D eigenvalue weighted by Crippen LogP contribution is 2.22. The molecule has 3 rings (SSSR count). The number of para-hydroxylation sites is 1. The minimum Gasteiger partial charge on any atom is -0.475 e. The Morgan fingerprint density at radius 3 is 2.07 bits per heavy atom. The predicted octanol–water partition coefficient (Wildman–Crippen LogP) is 5.36. The molecule has 41 heavy (non-hydrogen) atoms. The average Bonchev–Trinajstić information content (AvgIpc) is 2.94. The molecule has 0 fully saturated rings. The van der Waals surface area contributed by atoms with E-state index in [9.17, 15) is 22.8 Å². The van der Waals surface area contributed by atoms with Gasteiger partial charge in [0, 0.05) is 43.3 Å². The van der Waals surface area contributed by atoms with Crippen LogP contribution < -0.4 is 5.32 Å². The Labute approximate surface area is 237 Å². The number of nitrogens with zero attached hydrogens (tertiary/aromatic N) is 3. The standard InChI is InChI=1S/C28H34N4O2.C2HF3O2/c1-5-22-13-16-23(17-14-22)28(34)32(4)19-9-18-31(3)26(24-15-12-21(2)29-20-24)27(33)30-25-10-7-6-8-11-25;3-2(4,5)1(6)7/h6-8,10-17,20,26H,5,9,18-19H2,1-4H3,(H,30,33);(H,6,7). The van der Waals surface area contributed by atoms with Gasteiger partial charge in [0.25, 0.3) is 5.91 Å². The van der Waals surface area contributed by atoms with Crippen LogP contribution in [0.4, 0.5) is 18.9 Å². The number of hydrogen-bond donors (Lipinski definition) is 2. The fourth-order valence-corrected chi connectivity index (χ4v) is 3.87. The maximum atomic E-state index is 13.2. The molecular weight excluding hydrogens is 537 g/mol. The molecule has 0 bridgehead atoms. The van der Waals surface area contributed by atoms with E-state index in [-0.39, 0.29) is 11.8 Å². The second-order valence-corrected chi connectivity index (χ2v) is 9.40. The molecule has 0 saturated heterocycles. The number of hydrogen-bond acceptors (Lipinski definition) is 5. The first-order valence-corrected chi connectivity index (χ1v) is 13.0. The van der Waals surface area contributed by atoms with Crippen LogP contribution in [-0.4, -0.2) is 71.0 Å². The third-order valence-corrected chi connectivity index (χ3v) is 6.18. The number of aliphatic carboxylic acids is 1. The van der Waals surface area contributed by atoms with Gasteiger partial charge in [-0.2, -0.15) is 13.2 Å². The van der Waals surface area contributed by atoms with Crippen molar-refractivity contribution in [3.05, 3.63) is 95.3 Å². The fraction of sp³-hybridized carbons (Fsp3) is 0.333. The summed E-state index contributed by atoms with van der Waals surface area (Å²) in [5, 5.41) is 10.1. The van der Waals surface area contributed by atoms with Crippen LogP contribution in [0.25, 0.3) is 0 Å². The summed E-state index contributed by atoms with van der Waals surface area (Å²) in [6.07, 6.45) is -1.64. The molecule has 2 N–H and O–H groups in total. The largest absolute Gasteiger partial charge is 0.490 e. The molecule has 1 aromatic heterocycles. The summed E-state index contributed by atoms with van der Waals surface area (Å²) < 4.78 is 31.7. The van der Waals surface area contributed by atoms with Crippen LogP contribution in [0.2, 0.25) is 0 Å². The molecule has 1 atom stereocenters. The van der Waals surface area contributed by atoms with E-state index in [1.54, 1.807) is 11.1 Å². The zero-order valence-electron chi connectivity index (χ0n) is 23.5. The molecule has 2 amide bonds. The molecular formula is C30H35F3N4O4. The second-order valence-electron chi connectivity index (χ2n) is 9.40. The van der Waals surface area contributed by atoms with E-state index in [0.29, 0.717) is 18.7 Å². The molecule has 3 aromatic rings. The Balaban J connectivity index is 0.000000745. The van der Waals surface area contributed by atoms with Crippen LogP contribution >= 0.6 is 0 Å². The number of carboxylic acid groups (broad SMARTS) is 1. The lowest BCUT2D eigenvalue weighted by atomic mass is 10.1. The molecule has 8 nitrogen and oxygen atoms in total. The Hall–Kier alpha value is -4.25. The lowest BCUT2D eigenvalue weighted by Gasteiger charge is -2.28. The molecule has 1 heterocycles. The number of aromatic nitrogens is 1. The summed E-state index contributed by atoms with van der Waals surface area (Å²) in [6, 6.07) is 20.6. The van der Waals surface area contributed by atoms with Crippen LogP contribution in [-0.2, 0) is 16.0 Å². The molecule has 0 saturated carbocycles. The average molecular weight is 573 g/mol. The number of likely N-dealkylation sites (N-methyl/N-ethyl adjacent to an activating group) is 1. The summed E-state index contributed by atoms with van der Waals surface area (Å²) in [6.45, 7) is 5.26. The first kappa shape index (κ1) is 33.0. The van der Waals surface area contributed by atoms with Crippen molar-refractivity contribution in [2.75, 3.05) is 32.5 Å². The number of carbonyl (C=O) groups is 3. The SMILES string of the molecule is CCc1ccc(C(=O)N(C)CCCN(C)C(C(=O)Nc2ccccc2)c2ccc(C)nc2)cc1.O=C(O)C(F)(F)F. The number of anilines is 1. The van der Waals surface area contributed by atoms with Crippen LogP contribution in [0.15, 0.2) is 72.9 Å². The molecule has 220 valence electrons. The lowest BCUT2D eigenvalue weighted by Crippen LogP contribution is -2.37. The van der Waals surface area contributed by atoms with Crippen molar-refractivity contribution in [3.63, 3.8) is 0 Å². The smallest absolute Gasteiger partial charge is 0.475 e. The summed E-state index contributed by atoms with van der Waals surface area (Å²) in [5.74, 6) is -2.86. The highest BCUT2D eigenvalue weighted by atomic mass is 19.4. The van der Waals surface area contributed by atoms with Gasteiger partial charge in [0.2, 0.25) is 5.91 Å². The normalized spacial score (nSPS) is 11.7. The second kappa shape index (κ2) is 15.5. The van der Waals surface area contributed by atoms with Crippen LogP contribution in [0.1, 0.15) is 46.6 Å². The molecule has 0 radical (unpaired) electrons. The summed E-state index contributed by atoms with van der Waals surface area (Å²) >= 11 is 0. The Morgan fingerprint density at radius 1 is 0.951 bits per heavy atom. The summed E-state index contributed by atoms with van der Waals surface area (Å²) in [5.41, 5.74) is 4.40. The van der Waals surface area contributed by atoms with Crippen molar-refractivity contribution in [2.24, 2.45) is 0 Å². The van der Waals surface area contributed by atoms with Gasteiger partial charge >= 0.3 is 12.1 Å². The molecule has 0 aliphatic heterocycles. The van der Waals surface area contributed by atoms with Crippen molar-refractivity contribution in [2.45, 2.75) is 38.9 Å². The van der Waals surface area contributed by atoms with Gasteiger partial charge in [-0.1, -0.05) is 43.3 Å². The van der Waals surface area contributed by atoms with Crippen molar-refractivity contribution >= 4 is 23.5 Å². The highest BCUT2D eigenvalue weighted by molar-refractivity contribution is 5.95. The van der Waals surface area contributed by atoms with Crippen LogP contribution in [0.3, 0.4) is 0 Å². The van der Waals surface area contributed by atoms with E-state index in [1.807, 2.05) is 92.6 Å². The summed E-state index contributed by atoms with van der Waals surface area (Å²) in [4.78, 5) is 43.0. The number of carboxylic acids is 1. The number of rotatable bonds is 10. The van der Waals surface area contributed by atoms with Gasteiger partial charge in [0.05, 0.1) is 0 Å². The highest BCUT2D eigenvalue weighted by Gasteiger charge is 2.38. The van der Waals surface area contributed by atoms with E-state index >= 15 is 0 Å². The lowest BCUT2D eigenvalue weighted by molar-refractivity contribution is -0.192. The van der Waals surface area contributed by atoms with Crippen molar-refractivity contribution in [3.8, 4) is 0 Å². The van der Waals surface area contributed by atoms with Crippen LogP contribution in [0.5, 0.6) is 0 Å². The number of pyridine rings is 1. The van der Waals surface area contributed by atoms with Gasteiger partial charge in [0.15, 0.2) is 0 Å². The number of halogens is 3. The third kappa shape index (κ3) is 10.7. The van der Waals surface area contributed by atoms with Crippen molar-refractivity contribution < 1.29 is 32.7 Å². The van der Waals surface area contributed by atoms with E-state index in [0.717, 1.165) is 29.8 Å². The van der Waals surface area contributed by atoms with Crippen molar-refractivity contribution in [1.82, 2.24) is 14.8 Å². The molecule has 0 aliphatic rings. The Bertz CT molecular complexity index is 1270. The Morgan fingerprint density at radius 2 is 1.56 bits per heavy atom. The monoisotopic (exact) mass is 572 g/mol. The van der Waals surface area contributed by atoms with Gasteiger partial charge < -0.3 is 15.3 Å². The van der Waals surface area contributed by atoms with E-state index in [1.165, 1.54) is 5.56 Å². The molecule has 2 aromatic carbocycles. The quantitative estimate of drug-likeness (QED) is 0.339.